The Morgan fingerprint density at radius 3 is 2.79 bits per heavy atom. The van der Waals surface area contributed by atoms with Gasteiger partial charge < -0.3 is 9.47 Å². The monoisotopic (exact) mass is 262 g/mol. The Morgan fingerprint density at radius 2 is 2.05 bits per heavy atom. The van der Waals surface area contributed by atoms with Gasteiger partial charge in [-0.1, -0.05) is 6.92 Å². The highest BCUT2D eigenvalue weighted by atomic mass is 16.6. The Hall–Kier alpha value is -1.16. The maximum Gasteiger partial charge on any atom is 0.309 e. The number of rotatable bonds is 0. The van der Waals surface area contributed by atoms with Gasteiger partial charge in [0.1, 0.15) is 17.3 Å². The summed E-state index contributed by atoms with van der Waals surface area (Å²) in [5.41, 5.74) is 1.05. The van der Waals surface area contributed by atoms with Gasteiger partial charge in [-0.25, -0.2) is 0 Å². The normalized spacial score (nSPS) is 51.4. The maximum absolute atomic E-state index is 12.1. The van der Waals surface area contributed by atoms with E-state index < -0.39 is 5.60 Å². The third kappa shape index (κ3) is 1.15. The Labute approximate surface area is 112 Å². The van der Waals surface area contributed by atoms with Crippen LogP contribution in [-0.4, -0.2) is 29.1 Å². The second-order valence-electron chi connectivity index (χ2n) is 6.65. The van der Waals surface area contributed by atoms with Crippen LogP contribution >= 0.6 is 0 Å². The predicted molar refractivity (Wildman–Crippen MR) is 66.3 cm³/mol. The molecule has 3 fully saturated rings. The van der Waals surface area contributed by atoms with E-state index in [1.807, 2.05) is 13.8 Å². The van der Waals surface area contributed by atoms with E-state index in [-0.39, 0.29) is 35.3 Å². The third-order valence-corrected chi connectivity index (χ3v) is 5.76. The lowest BCUT2D eigenvalue weighted by Crippen LogP contribution is -2.29. The van der Waals surface area contributed by atoms with Gasteiger partial charge in [0, 0.05) is 17.9 Å². The van der Waals surface area contributed by atoms with E-state index in [0.717, 1.165) is 24.0 Å². The maximum atomic E-state index is 12.1. The highest BCUT2D eigenvalue weighted by Crippen LogP contribution is 2.66. The second kappa shape index (κ2) is 3.11. The lowest BCUT2D eigenvalue weighted by atomic mass is 9.83. The van der Waals surface area contributed by atoms with E-state index in [1.165, 1.54) is 0 Å². The number of epoxide rings is 1. The summed E-state index contributed by atoms with van der Waals surface area (Å²) in [7, 11) is 0. The fourth-order valence-corrected chi connectivity index (χ4v) is 4.40. The molecule has 4 aliphatic rings. The van der Waals surface area contributed by atoms with Gasteiger partial charge >= 0.3 is 5.97 Å². The molecule has 4 nitrogen and oxygen atoms in total. The van der Waals surface area contributed by atoms with Crippen LogP contribution in [0.15, 0.2) is 11.1 Å². The molecule has 0 amide bonds. The highest BCUT2D eigenvalue weighted by molar-refractivity contribution is 6.01. The minimum atomic E-state index is -0.460. The summed E-state index contributed by atoms with van der Waals surface area (Å²) in [5.74, 6) is 0.150. The lowest BCUT2D eigenvalue weighted by molar-refractivity contribution is -0.143. The molecule has 19 heavy (non-hydrogen) atoms. The molecule has 4 heteroatoms. The van der Waals surface area contributed by atoms with Gasteiger partial charge in [-0.3, -0.25) is 9.59 Å². The molecule has 0 bridgehead atoms. The number of ketones is 1. The molecule has 5 unspecified atom stereocenters. The Kier molecular flexibility index (Phi) is 1.91. The number of carbonyl (C=O) groups is 2. The van der Waals surface area contributed by atoms with E-state index in [4.69, 9.17) is 9.47 Å². The molecule has 4 rings (SSSR count). The van der Waals surface area contributed by atoms with Crippen molar-refractivity contribution >= 4 is 11.8 Å². The largest absolute Gasteiger partial charge is 0.457 e. The Morgan fingerprint density at radius 1 is 1.32 bits per heavy atom. The number of Topliss-reactive ketones (excluding diaryl/α,β-unsaturated/α-hetero) is 1. The van der Waals surface area contributed by atoms with Crippen LogP contribution in [0, 0.1) is 11.8 Å². The van der Waals surface area contributed by atoms with Crippen molar-refractivity contribution in [2.45, 2.75) is 57.3 Å². The van der Waals surface area contributed by atoms with Gasteiger partial charge in [-0.15, -0.1) is 0 Å². The molecule has 0 N–H and O–H groups in total. The van der Waals surface area contributed by atoms with Crippen LogP contribution in [0.2, 0.25) is 0 Å². The van der Waals surface area contributed by atoms with Crippen molar-refractivity contribution in [2.75, 3.05) is 0 Å². The van der Waals surface area contributed by atoms with Crippen molar-refractivity contribution in [1.29, 1.82) is 0 Å². The minimum absolute atomic E-state index is 0.0702. The number of hydrogen-bond donors (Lipinski definition) is 0. The van der Waals surface area contributed by atoms with Gasteiger partial charge in [-0.2, -0.15) is 0 Å². The van der Waals surface area contributed by atoms with E-state index in [0.29, 0.717) is 6.42 Å². The number of hydrogen-bond acceptors (Lipinski definition) is 4. The molecule has 0 aromatic carbocycles. The van der Waals surface area contributed by atoms with Crippen molar-refractivity contribution in [2.24, 2.45) is 11.8 Å². The highest BCUT2D eigenvalue weighted by Gasteiger charge is 2.75. The van der Waals surface area contributed by atoms with Gasteiger partial charge in [0.15, 0.2) is 5.78 Å². The standard InChI is InChI=1S/C15H18O4/c1-7-9-4-5-14(3)15(19-14)6-10(16)8(2)11(15)12(9)18-13(7)17/h7,9,12H,4-6H2,1-3H3. The average Bonchev–Trinajstić information content (AvgIpc) is 2.72. The van der Waals surface area contributed by atoms with Crippen LogP contribution in [0.3, 0.4) is 0 Å². The molecule has 1 spiro atoms. The molecular formula is C15H18O4. The van der Waals surface area contributed by atoms with Gasteiger partial charge in [0.2, 0.25) is 0 Å². The summed E-state index contributed by atoms with van der Waals surface area (Å²) < 4.78 is 11.6. The number of carbonyl (C=O) groups excluding carboxylic acids is 2. The summed E-state index contributed by atoms with van der Waals surface area (Å²) >= 11 is 0. The summed E-state index contributed by atoms with van der Waals surface area (Å²) in [6.07, 6.45) is 2.03. The molecule has 2 aliphatic carbocycles. The SMILES string of the molecule is CC1=C2C3OC(=O)C(C)C3CCC3(C)OC23CC1=O. The van der Waals surface area contributed by atoms with Crippen LogP contribution < -0.4 is 0 Å². The summed E-state index contributed by atoms with van der Waals surface area (Å²) in [4.78, 5) is 24.0. The predicted octanol–water partition coefficient (Wildman–Crippen LogP) is 1.77. The number of ether oxygens (including phenoxy) is 2. The molecule has 0 radical (unpaired) electrons. The molecular weight excluding hydrogens is 244 g/mol. The molecule has 2 aliphatic heterocycles. The molecule has 5 atom stereocenters. The van der Waals surface area contributed by atoms with Crippen LogP contribution in [0.4, 0.5) is 0 Å². The number of fused-ring (bicyclic) bond motifs is 2. The zero-order valence-electron chi connectivity index (χ0n) is 11.5. The summed E-state index contributed by atoms with van der Waals surface area (Å²) in [5, 5.41) is 0. The quantitative estimate of drug-likeness (QED) is 0.493. The van der Waals surface area contributed by atoms with Crippen LogP contribution in [0.25, 0.3) is 0 Å². The molecule has 2 heterocycles. The van der Waals surface area contributed by atoms with Crippen molar-refractivity contribution < 1.29 is 19.1 Å². The molecule has 102 valence electrons. The first-order valence-electron chi connectivity index (χ1n) is 7.05. The first-order chi connectivity index (χ1) is 8.90. The van der Waals surface area contributed by atoms with Crippen molar-refractivity contribution in [3.8, 4) is 0 Å². The van der Waals surface area contributed by atoms with E-state index >= 15 is 0 Å². The van der Waals surface area contributed by atoms with E-state index in [9.17, 15) is 9.59 Å². The number of esters is 1. The molecule has 1 saturated carbocycles. The zero-order chi connectivity index (χ0) is 13.6. The van der Waals surface area contributed by atoms with Crippen molar-refractivity contribution in [3.63, 3.8) is 0 Å². The fraction of sp³-hybridized carbons (Fsp3) is 0.733. The first kappa shape index (κ1) is 11.6. The third-order valence-electron chi connectivity index (χ3n) is 5.76. The topological polar surface area (TPSA) is 55.9 Å². The number of allylic oxidation sites excluding steroid dienone is 1. The first-order valence-corrected chi connectivity index (χ1v) is 7.05. The van der Waals surface area contributed by atoms with Gasteiger partial charge in [0.25, 0.3) is 0 Å². The average molecular weight is 262 g/mol. The van der Waals surface area contributed by atoms with Crippen LogP contribution in [0.5, 0.6) is 0 Å². The van der Waals surface area contributed by atoms with Crippen LogP contribution in [-0.2, 0) is 19.1 Å². The Balaban J connectivity index is 1.87. The smallest absolute Gasteiger partial charge is 0.309 e. The zero-order valence-corrected chi connectivity index (χ0v) is 11.5. The second-order valence-corrected chi connectivity index (χ2v) is 6.65. The van der Waals surface area contributed by atoms with E-state index in [1.54, 1.807) is 0 Å². The molecule has 2 saturated heterocycles. The van der Waals surface area contributed by atoms with Crippen LogP contribution in [0.1, 0.15) is 40.0 Å². The fourth-order valence-electron chi connectivity index (χ4n) is 4.40. The Bertz CT molecular complexity index is 548. The van der Waals surface area contributed by atoms with Gasteiger partial charge in [0.05, 0.1) is 5.92 Å². The van der Waals surface area contributed by atoms with Gasteiger partial charge in [-0.05, 0) is 32.3 Å². The summed E-state index contributed by atoms with van der Waals surface area (Å²) in [6, 6.07) is 0. The summed E-state index contributed by atoms with van der Waals surface area (Å²) in [6.45, 7) is 5.88. The van der Waals surface area contributed by atoms with Crippen molar-refractivity contribution in [3.05, 3.63) is 11.1 Å². The van der Waals surface area contributed by atoms with Crippen molar-refractivity contribution in [1.82, 2.24) is 0 Å². The molecule has 0 aromatic rings. The lowest BCUT2D eigenvalue weighted by Gasteiger charge is -2.21. The molecule has 0 aromatic heterocycles. The van der Waals surface area contributed by atoms with E-state index in [2.05, 4.69) is 6.92 Å². The minimum Gasteiger partial charge on any atom is -0.457 e.